The number of benzene rings is 1. The van der Waals surface area contributed by atoms with Gasteiger partial charge < -0.3 is 19.5 Å². The lowest BCUT2D eigenvalue weighted by Gasteiger charge is -2.15. The van der Waals surface area contributed by atoms with E-state index >= 15 is 0 Å². The molecule has 0 aliphatic rings. The van der Waals surface area contributed by atoms with Gasteiger partial charge in [0, 0.05) is 12.5 Å². The summed E-state index contributed by atoms with van der Waals surface area (Å²) in [6.45, 7) is 2.27. The Bertz CT molecular complexity index is 839. The second-order valence-electron chi connectivity index (χ2n) is 5.84. The molecule has 0 bridgehead atoms. The lowest BCUT2D eigenvalue weighted by Crippen LogP contribution is -2.16. The molecule has 0 unspecified atom stereocenters. The van der Waals surface area contributed by atoms with Gasteiger partial charge in [-0.25, -0.2) is 4.68 Å². The van der Waals surface area contributed by atoms with Gasteiger partial charge in [-0.2, -0.15) is 10.4 Å². The van der Waals surface area contributed by atoms with E-state index in [9.17, 15) is 4.79 Å². The number of nitrogens with one attached hydrogen (secondary N) is 1. The van der Waals surface area contributed by atoms with Crippen LogP contribution in [0.5, 0.6) is 17.2 Å². The predicted molar refractivity (Wildman–Crippen MR) is 100 cm³/mol. The highest BCUT2D eigenvalue weighted by molar-refractivity contribution is 5.90. The van der Waals surface area contributed by atoms with Crippen LogP contribution in [0.1, 0.15) is 24.1 Å². The molecule has 8 heteroatoms. The monoisotopic (exact) mass is 372 g/mol. The van der Waals surface area contributed by atoms with E-state index in [1.54, 1.807) is 38.1 Å². The average Bonchev–Trinajstić information content (AvgIpc) is 3.02. The van der Waals surface area contributed by atoms with Crippen LogP contribution in [0.2, 0.25) is 0 Å². The van der Waals surface area contributed by atoms with Gasteiger partial charge >= 0.3 is 0 Å². The number of aryl methyl sites for hydroxylation is 3. The van der Waals surface area contributed by atoms with Crippen molar-refractivity contribution in [3.05, 3.63) is 29.5 Å². The minimum absolute atomic E-state index is 0.148. The number of carbonyl (C=O) groups excluding carboxylic acids is 1. The standard InChI is InChI=1S/C19H24N4O4/c1-13-12-16(23(22-13)11-5-10-20)21-17(24)9-7-14-6-8-15(25-2)19(27-4)18(14)26-3/h6,8,12H,5,7,9,11H2,1-4H3,(H,21,24). The number of carbonyl (C=O) groups is 1. The van der Waals surface area contributed by atoms with Crippen LogP contribution < -0.4 is 19.5 Å². The van der Waals surface area contributed by atoms with Gasteiger partial charge in [0.1, 0.15) is 5.82 Å². The first-order chi connectivity index (χ1) is 13.0. The maximum Gasteiger partial charge on any atom is 0.225 e. The Morgan fingerprint density at radius 1 is 1.22 bits per heavy atom. The molecule has 0 spiro atoms. The topological polar surface area (TPSA) is 98.4 Å². The predicted octanol–water partition coefficient (Wildman–Crippen LogP) is 2.70. The van der Waals surface area contributed by atoms with Crippen molar-refractivity contribution < 1.29 is 19.0 Å². The maximum atomic E-state index is 12.4. The molecule has 1 amide bonds. The Morgan fingerprint density at radius 3 is 2.59 bits per heavy atom. The van der Waals surface area contributed by atoms with Crippen molar-refractivity contribution in [2.45, 2.75) is 32.7 Å². The molecule has 144 valence electrons. The zero-order valence-electron chi connectivity index (χ0n) is 16.0. The van der Waals surface area contributed by atoms with Gasteiger partial charge in [-0.1, -0.05) is 6.07 Å². The number of methoxy groups -OCH3 is 3. The SMILES string of the molecule is COc1ccc(CCC(=O)Nc2cc(C)nn2CCC#N)c(OC)c1OC. The molecular weight excluding hydrogens is 348 g/mol. The van der Waals surface area contributed by atoms with Crippen molar-refractivity contribution in [3.8, 4) is 23.3 Å². The summed E-state index contributed by atoms with van der Waals surface area (Å²) in [5.41, 5.74) is 1.63. The zero-order valence-corrected chi connectivity index (χ0v) is 16.0. The second kappa shape index (κ2) is 9.48. The molecule has 1 aromatic carbocycles. The van der Waals surface area contributed by atoms with Gasteiger partial charge in [-0.05, 0) is 25.0 Å². The average molecular weight is 372 g/mol. The Labute approximate surface area is 158 Å². The van der Waals surface area contributed by atoms with Gasteiger partial charge in [0.05, 0.1) is 46.1 Å². The third-order valence-electron chi connectivity index (χ3n) is 4.01. The summed E-state index contributed by atoms with van der Waals surface area (Å²) in [4.78, 5) is 12.4. The molecule has 2 rings (SSSR count). The van der Waals surface area contributed by atoms with Crippen LogP contribution in [0.3, 0.4) is 0 Å². The summed E-state index contributed by atoms with van der Waals surface area (Å²) in [5.74, 6) is 2.07. The Morgan fingerprint density at radius 2 is 1.96 bits per heavy atom. The van der Waals surface area contributed by atoms with Crippen molar-refractivity contribution in [2.24, 2.45) is 0 Å². The van der Waals surface area contributed by atoms with Crippen molar-refractivity contribution >= 4 is 11.7 Å². The van der Waals surface area contributed by atoms with Gasteiger partial charge in [-0.15, -0.1) is 0 Å². The van der Waals surface area contributed by atoms with Crippen molar-refractivity contribution in [1.82, 2.24) is 9.78 Å². The highest BCUT2D eigenvalue weighted by atomic mass is 16.5. The number of ether oxygens (including phenoxy) is 3. The molecule has 0 aliphatic carbocycles. The molecule has 1 N–H and O–H groups in total. The van der Waals surface area contributed by atoms with Crippen LogP contribution in [0.4, 0.5) is 5.82 Å². The smallest absolute Gasteiger partial charge is 0.225 e. The van der Waals surface area contributed by atoms with Crippen molar-refractivity contribution in [2.75, 3.05) is 26.6 Å². The van der Waals surface area contributed by atoms with Crippen molar-refractivity contribution in [3.63, 3.8) is 0 Å². The molecule has 0 atom stereocenters. The van der Waals surface area contributed by atoms with Crippen LogP contribution in [-0.4, -0.2) is 37.0 Å². The van der Waals surface area contributed by atoms with E-state index in [0.29, 0.717) is 42.5 Å². The number of anilines is 1. The summed E-state index contributed by atoms with van der Waals surface area (Å²) in [6, 6.07) is 7.50. The van der Waals surface area contributed by atoms with E-state index in [0.717, 1.165) is 11.3 Å². The van der Waals surface area contributed by atoms with Gasteiger partial charge in [-0.3, -0.25) is 4.79 Å². The molecule has 0 saturated heterocycles. The van der Waals surface area contributed by atoms with Gasteiger partial charge in [0.25, 0.3) is 0 Å². The van der Waals surface area contributed by atoms with E-state index in [1.165, 1.54) is 0 Å². The number of aromatic nitrogens is 2. The molecule has 8 nitrogen and oxygen atoms in total. The van der Waals surface area contributed by atoms with Crippen molar-refractivity contribution in [1.29, 1.82) is 5.26 Å². The number of hydrogen-bond acceptors (Lipinski definition) is 6. The molecule has 0 aliphatic heterocycles. The molecule has 0 fully saturated rings. The highest BCUT2D eigenvalue weighted by Gasteiger charge is 2.17. The quantitative estimate of drug-likeness (QED) is 0.727. The molecule has 0 radical (unpaired) electrons. The van der Waals surface area contributed by atoms with Crippen LogP contribution >= 0.6 is 0 Å². The third-order valence-corrected chi connectivity index (χ3v) is 4.01. The Kier molecular flexibility index (Phi) is 7.06. The summed E-state index contributed by atoms with van der Waals surface area (Å²) in [5, 5.41) is 15.9. The first kappa shape index (κ1) is 20.1. The molecule has 27 heavy (non-hydrogen) atoms. The van der Waals surface area contributed by atoms with Crippen LogP contribution in [0.15, 0.2) is 18.2 Å². The minimum atomic E-state index is -0.148. The van der Waals surface area contributed by atoms with Gasteiger partial charge in [0.15, 0.2) is 11.5 Å². The molecule has 1 heterocycles. The Balaban J connectivity index is 2.07. The largest absolute Gasteiger partial charge is 0.493 e. The van der Waals surface area contributed by atoms with Crippen LogP contribution in [-0.2, 0) is 17.8 Å². The molecule has 2 aromatic rings. The fraction of sp³-hybridized carbons (Fsp3) is 0.421. The number of amides is 1. The Hall–Kier alpha value is -3.21. The van der Waals surface area contributed by atoms with Crippen LogP contribution in [0.25, 0.3) is 0 Å². The van der Waals surface area contributed by atoms with E-state index in [-0.39, 0.29) is 12.3 Å². The molecule has 1 aromatic heterocycles. The number of hydrogen-bond donors (Lipinski definition) is 1. The van der Waals surface area contributed by atoms with Crippen LogP contribution in [0, 0.1) is 18.3 Å². The minimum Gasteiger partial charge on any atom is -0.493 e. The fourth-order valence-corrected chi connectivity index (χ4v) is 2.79. The zero-order chi connectivity index (χ0) is 19.8. The fourth-order valence-electron chi connectivity index (χ4n) is 2.79. The number of rotatable bonds is 9. The lowest BCUT2D eigenvalue weighted by molar-refractivity contribution is -0.116. The number of nitrogens with zero attached hydrogens (tertiary/aromatic N) is 3. The third kappa shape index (κ3) is 4.91. The molecule has 0 saturated carbocycles. The lowest BCUT2D eigenvalue weighted by atomic mass is 10.1. The van der Waals surface area contributed by atoms with Gasteiger partial charge in [0.2, 0.25) is 11.7 Å². The van der Waals surface area contributed by atoms with E-state index < -0.39 is 0 Å². The first-order valence-electron chi connectivity index (χ1n) is 8.53. The highest BCUT2D eigenvalue weighted by Crippen LogP contribution is 2.40. The summed E-state index contributed by atoms with van der Waals surface area (Å²) in [6.07, 6.45) is 1.06. The second-order valence-corrected chi connectivity index (χ2v) is 5.84. The summed E-state index contributed by atoms with van der Waals surface area (Å²) < 4.78 is 17.7. The first-order valence-corrected chi connectivity index (χ1v) is 8.53. The van der Waals surface area contributed by atoms with E-state index in [2.05, 4.69) is 16.5 Å². The van der Waals surface area contributed by atoms with E-state index in [1.807, 2.05) is 13.0 Å². The normalized spacial score (nSPS) is 10.2. The summed E-state index contributed by atoms with van der Waals surface area (Å²) in [7, 11) is 4.65. The maximum absolute atomic E-state index is 12.4. The number of nitriles is 1. The summed E-state index contributed by atoms with van der Waals surface area (Å²) >= 11 is 0. The molecular formula is C19H24N4O4. The van der Waals surface area contributed by atoms with E-state index in [4.69, 9.17) is 19.5 Å².